The van der Waals surface area contributed by atoms with Gasteiger partial charge in [-0.15, -0.1) is 0 Å². The van der Waals surface area contributed by atoms with E-state index in [-0.39, 0.29) is 17.9 Å². The molecule has 1 amide bonds. The van der Waals surface area contributed by atoms with Crippen molar-refractivity contribution >= 4 is 24.7 Å². The van der Waals surface area contributed by atoms with Gasteiger partial charge in [0.25, 0.3) is 13.3 Å². The minimum atomic E-state index is -3.60. The summed E-state index contributed by atoms with van der Waals surface area (Å²) in [5.41, 5.74) is 1.14. The van der Waals surface area contributed by atoms with E-state index in [1.807, 2.05) is 6.07 Å². The number of carbonyl (C=O) groups excluding carboxylic acids is 1. The summed E-state index contributed by atoms with van der Waals surface area (Å²) in [5.74, 6) is -0.789. The summed E-state index contributed by atoms with van der Waals surface area (Å²) in [6.45, 7) is 1.93. The third kappa shape index (κ3) is 5.08. The van der Waals surface area contributed by atoms with E-state index in [0.717, 1.165) is 0 Å². The molecule has 3 aromatic carbocycles. The molecule has 0 aromatic heterocycles. The SMILES string of the molecule is CCOP(=O)(/C(=C/c1ccc(F)cc1)NC(=O)c1ccccc1)c1ccccc1. The Balaban J connectivity index is 2.09. The monoisotopic (exact) mass is 409 g/mol. The highest BCUT2D eigenvalue weighted by Gasteiger charge is 2.32. The van der Waals surface area contributed by atoms with Gasteiger partial charge in [-0.05, 0) is 55.0 Å². The molecule has 0 spiro atoms. The van der Waals surface area contributed by atoms with Gasteiger partial charge < -0.3 is 9.84 Å². The summed E-state index contributed by atoms with van der Waals surface area (Å²) in [5, 5.41) is 3.22. The highest BCUT2D eigenvalue weighted by molar-refractivity contribution is 7.71. The van der Waals surface area contributed by atoms with Crippen LogP contribution in [-0.2, 0) is 9.09 Å². The van der Waals surface area contributed by atoms with E-state index in [4.69, 9.17) is 4.52 Å². The quantitative estimate of drug-likeness (QED) is 0.546. The lowest BCUT2D eigenvalue weighted by Crippen LogP contribution is -2.26. The Hall–Kier alpha value is -3.01. The highest BCUT2D eigenvalue weighted by Crippen LogP contribution is 2.53. The van der Waals surface area contributed by atoms with E-state index in [1.165, 1.54) is 12.1 Å². The maximum absolute atomic E-state index is 14.0. The van der Waals surface area contributed by atoms with Crippen LogP contribution in [0.3, 0.4) is 0 Å². The molecule has 0 aliphatic carbocycles. The van der Waals surface area contributed by atoms with E-state index >= 15 is 0 Å². The van der Waals surface area contributed by atoms with Crippen molar-refractivity contribution in [3.05, 3.63) is 107 Å². The van der Waals surface area contributed by atoms with Crippen LogP contribution in [0.2, 0.25) is 0 Å². The van der Waals surface area contributed by atoms with Crippen molar-refractivity contribution in [3.8, 4) is 0 Å². The maximum Gasteiger partial charge on any atom is 0.277 e. The Morgan fingerprint density at radius 2 is 1.55 bits per heavy atom. The van der Waals surface area contributed by atoms with Crippen LogP contribution in [0.4, 0.5) is 4.39 Å². The number of nitrogens with one attached hydrogen (secondary N) is 1. The second kappa shape index (κ2) is 9.46. The second-order valence-electron chi connectivity index (χ2n) is 6.21. The molecule has 3 rings (SSSR count). The highest BCUT2D eigenvalue weighted by atomic mass is 31.2. The Labute approximate surface area is 169 Å². The van der Waals surface area contributed by atoms with Gasteiger partial charge in [-0.1, -0.05) is 48.5 Å². The van der Waals surface area contributed by atoms with Gasteiger partial charge in [0.1, 0.15) is 11.3 Å². The topological polar surface area (TPSA) is 55.4 Å². The number of amides is 1. The molecule has 1 unspecified atom stereocenters. The van der Waals surface area contributed by atoms with E-state index in [2.05, 4.69) is 5.32 Å². The molecule has 1 atom stereocenters. The van der Waals surface area contributed by atoms with Crippen LogP contribution >= 0.6 is 7.37 Å². The van der Waals surface area contributed by atoms with Gasteiger partial charge in [-0.2, -0.15) is 0 Å². The Morgan fingerprint density at radius 1 is 0.966 bits per heavy atom. The molecule has 0 aliphatic heterocycles. The predicted octanol–water partition coefficient (Wildman–Crippen LogP) is 5.19. The van der Waals surface area contributed by atoms with Gasteiger partial charge in [-0.25, -0.2) is 4.39 Å². The lowest BCUT2D eigenvalue weighted by molar-refractivity contribution is 0.0967. The van der Waals surface area contributed by atoms with Crippen molar-refractivity contribution in [2.45, 2.75) is 6.92 Å². The standard InChI is InChI=1S/C23H21FNO3P/c1-2-28-29(27,21-11-7-4-8-12-21)22(17-18-13-15-20(24)16-14-18)25-23(26)19-9-5-3-6-10-19/h3-17H,2H2,1H3,(H,25,26)/b22-17+. The Kier molecular flexibility index (Phi) is 6.76. The van der Waals surface area contributed by atoms with E-state index < -0.39 is 13.3 Å². The fourth-order valence-electron chi connectivity index (χ4n) is 2.78. The number of rotatable bonds is 7. The number of halogens is 1. The van der Waals surface area contributed by atoms with Crippen molar-refractivity contribution in [2.24, 2.45) is 0 Å². The van der Waals surface area contributed by atoms with Crippen LogP contribution in [-0.4, -0.2) is 12.5 Å². The first-order valence-corrected chi connectivity index (χ1v) is 10.8. The zero-order valence-electron chi connectivity index (χ0n) is 15.9. The van der Waals surface area contributed by atoms with Crippen molar-refractivity contribution in [2.75, 3.05) is 6.61 Å². The van der Waals surface area contributed by atoms with Crippen LogP contribution in [0.15, 0.2) is 90.4 Å². The molecule has 29 heavy (non-hydrogen) atoms. The molecule has 1 N–H and O–H groups in total. The molecular formula is C23H21FNO3P. The molecule has 4 nitrogen and oxygen atoms in total. The summed E-state index contributed by atoms with van der Waals surface area (Å²) in [7, 11) is -3.60. The van der Waals surface area contributed by atoms with Gasteiger partial charge in [-0.3, -0.25) is 9.36 Å². The summed E-state index contributed by atoms with van der Waals surface area (Å²) in [6, 6.07) is 23.1. The summed E-state index contributed by atoms with van der Waals surface area (Å²) in [6.07, 6.45) is 1.56. The van der Waals surface area contributed by atoms with Crippen molar-refractivity contribution in [1.29, 1.82) is 0 Å². The van der Waals surface area contributed by atoms with Gasteiger partial charge in [0.15, 0.2) is 0 Å². The molecule has 0 heterocycles. The average Bonchev–Trinajstić information content (AvgIpc) is 2.76. The molecule has 0 bridgehead atoms. The molecule has 0 radical (unpaired) electrons. The molecule has 0 saturated carbocycles. The summed E-state index contributed by atoms with van der Waals surface area (Å²) < 4.78 is 33.0. The van der Waals surface area contributed by atoms with Crippen LogP contribution in [0.25, 0.3) is 6.08 Å². The van der Waals surface area contributed by atoms with Gasteiger partial charge >= 0.3 is 0 Å². The number of carbonyl (C=O) groups is 1. The normalized spacial score (nSPS) is 13.5. The molecule has 0 aliphatic rings. The first kappa shape index (κ1) is 20.7. The number of hydrogen-bond donors (Lipinski definition) is 1. The Morgan fingerprint density at radius 3 is 2.14 bits per heavy atom. The van der Waals surface area contributed by atoms with Crippen LogP contribution in [0.5, 0.6) is 0 Å². The van der Waals surface area contributed by atoms with Crippen molar-refractivity contribution in [3.63, 3.8) is 0 Å². The molecular weight excluding hydrogens is 388 g/mol. The van der Waals surface area contributed by atoms with E-state index in [0.29, 0.717) is 16.4 Å². The second-order valence-corrected chi connectivity index (χ2v) is 8.57. The molecule has 148 valence electrons. The summed E-state index contributed by atoms with van der Waals surface area (Å²) >= 11 is 0. The van der Waals surface area contributed by atoms with Crippen molar-refractivity contribution < 1.29 is 18.3 Å². The van der Waals surface area contributed by atoms with Crippen LogP contribution < -0.4 is 10.6 Å². The molecule has 6 heteroatoms. The molecule has 0 saturated heterocycles. The smallest absolute Gasteiger partial charge is 0.277 e. The minimum Gasteiger partial charge on any atom is -0.321 e. The van der Waals surface area contributed by atoms with Gasteiger partial charge in [0, 0.05) is 10.9 Å². The van der Waals surface area contributed by atoms with Gasteiger partial charge in [0.2, 0.25) is 0 Å². The number of hydrogen-bond acceptors (Lipinski definition) is 3. The first-order valence-electron chi connectivity index (χ1n) is 9.17. The maximum atomic E-state index is 14.0. The third-order valence-electron chi connectivity index (χ3n) is 4.18. The average molecular weight is 409 g/mol. The minimum absolute atomic E-state index is 0.131. The zero-order valence-corrected chi connectivity index (χ0v) is 16.8. The lowest BCUT2D eigenvalue weighted by Gasteiger charge is -2.22. The lowest BCUT2D eigenvalue weighted by atomic mass is 10.2. The fourth-order valence-corrected chi connectivity index (χ4v) is 4.84. The molecule has 3 aromatic rings. The molecule has 0 fully saturated rings. The van der Waals surface area contributed by atoms with E-state index in [9.17, 15) is 13.8 Å². The van der Waals surface area contributed by atoms with E-state index in [1.54, 1.807) is 79.7 Å². The first-order chi connectivity index (χ1) is 14.0. The Bertz CT molecular complexity index is 1030. The third-order valence-corrected chi connectivity index (χ3v) is 6.65. The van der Waals surface area contributed by atoms with Crippen LogP contribution in [0, 0.1) is 5.82 Å². The van der Waals surface area contributed by atoms with Gasteiger partial charge in [0.05, 0.1) is 6.61 Å². The predicted molar refractivity (Wildman–Crippen MR) is 114 cm³/mol. The fraction of sp³-hybridized carbons (Fsp3) is 0.0870. The largest absolute Gasteiger partial charge is 0.321 e. The van der Waals surface area contributed by atoms with Crippen LogP contribution in [0.1, 0.15) is 22.8 Å². The summed E-state index contributed by atoms with van der Waals surface area (Å²) in [4.78, 5) is 12.8. The number of benzene rings is 3. The van der Waals surface area contributed by atoms with Crippen molar-refractivity contribution in [1.82, 2.24) is 5.32 Å². The zero-order chi connectivity index (χ0) is 20.7.